The Kier molecular flexibility index (Phi) is 42.3. The zero-order valence-electron chi connectivity index (χ0n) is 64.1. The average Bonchev–Trinajstić information content (AvgIpc) is 1.26. The van der Waals surface area contributed by atoms with Gasteiger partial charge in [-0.15, -0.1) is 64.7 Å². The first kappa shape index (κ1) is 96.0. The zero-order chi connectivity index (χ0) is 84.4. The molecule has 42 heteroatoms. The van der Waals surface area contributed by atoms with Crippen LogP contribution < -0.4 is 14.7 Å². The molecule has 0 bridgehead atoms. The number of hydrogen-bond donors (Lipinski definition) is 4. The number of aliphatic hydroxyl groups is 1. The third-order valence-electron chi connectivity index (χ3n) is 15.8. The molecule has 0 fully saturated rings. The molecule has 36 nitrogen and oxygen atoms in total. The Labute approximate surface area is 680 Å². The van der Waals surface area contributed by atoms with Crippen LogP contribution >= 0.6 is 34.0 Å². The minimum absolute atomic E-state index is 0.0217. The second-order valence-corrected chi connectivity index (χ2v) is 30.0. The van der Waals surface area contributed by atoms with Crippen molar-refractivity contribution < 1.29 is 94.5 Å². The first-order valence-corrected chi connectivity index (χ1v) is 41.1. The maximum Gasteiger partial charge on any atom is 0.397 e. The fraction of sp³-hybridized carbons (Fsp3) is 0.425. The van der Waals surface area contributed by atoms with Gasteiger partial charge in [-0.2, -0.15) is 41.0 Å². The van der Waals surface area contributed by atoms with Crippen molar-refractivity contribution in [3.63, 3.8) is 0 Å². The van der Waals surface area contributed by atoms with Gasteiger partial charge in [-0.05, 0) is 135 Å². The van der Waals surface area contributed by atoms with Crippen molar-refractivity contribution in [1.82, 2.24) is 0 Å². The van der Waals surface area contributed by atoms with Crippen LogP contribution in [-0.2, 0) is 81.6 Å². The number of ether oxygens (including phenoxy) is 8. The molecule has 1 atom stereocenters. The van der Waals surface area contributed by atoms with Gasteiger partial charge in [0.05, 0.1) is 159 Å². The zero-order valence-corrected chi connectivity index (χ0v) is 69.0. The molecule has 0 saturated carbocycles. The van der Waals surface area contributed by atoms with Crippen LogP contribution in [0.1, 0.15) is 61.7 Å². The Hall–Kier alpha value is -9.63. The second-order valence-electron chi connectivity index (χ2n) is 23.8. The van der Waals surface area contributed by atoms with Gasteiger partial charge in [-0.1, -0.05) is 30.3 Å². The van der Waals surface area contributed by atoms with E-state index in [9.17, 15) is 46.1 Å². The normalized spacial score (nSPS) is 11.8. The van der Waals surface area contributed by atoms with Crippen molar-refractivity contribution in [3.05, 3.63) is 175 Å². The number of aliphatic hydroxyl groups excluding tert-OH is 1. The molecule has 616 valence electrons. The molecule has 0 saturated heterocycles. The number of benzene rings is 4. The van der Waals surface area contributed by atoms with E-state index in [-0.39, 0.29) is 86.1 Å². The molecule has 1 unspecified atom stereocenters. The Morgan fingerprint density at radius 1 is 0.417 bits per heavy atom. The summed E-state index contributed by atoms with van der Waals surface area (Å²) in [5.41, 5.74) is 10.8. The minimum Gasteiger partial charge on any atom is -0.387 e. The van der Waals surface area contributed by atoms with Gasteiger partial charge in [0, 0.05) is 70.6 Å². The summed E-state index contributed by atoms with van der Waals surface area (Å²) in [4.78, 5) is 16.4. The molecule has 0 radical (unpaired) electrons. The number of azo groups is 3. The molecule has 0 spiro atoms. The third kappa shape index (κ3) is 34.4. The van der Waals surface area contributed by atoms with E-state index in [1.807, 2.05) is 109 Å². The number of nitriles is 3. The first-order chi connectivity index (χ1) is 55.0. The largest absolute Gasteiger partial charge is 0.397 e. The standard InChI is InChI=1S/C28H31N5O7S2.C24H31N5O11S3.C21H25N5O3S/c1-20-17-23(9-10-25(20)31-32-28-24(18-29)21(2)27(30-3)41-28)33(19-26(34)22-7-5-4-6-8-22)11-12-38-13-14-39-15-16-40-42(35,36)37;1-18-16-20(4-5-22(18)27-28-24-21(17-25)19(2)23(26-3)41-24)29(7-9-37-12-14-39-42(30,31)32)6-8-36-10-11-38-13-15-40-43(33,34)35;1-15-12-17(26(8-10-27-4)9-11-29-14-28-5)6-7-19(15)24-25-21-18(13-22)16(2)20(23-3)30-21/h4-10,17,26,34H,11-16,19H2,1-2H3,(H,35,36,37);4-5,16H,6-15H2,1-2H3,(H,30,31,32)(H,33,34,35);6-7,12H,8-11,14H2,1-2,4-5H3. The monoisotopic (exact) mass is 1700 g/mol. The van der Waals surface area contributed by atoms with Gasteiger partial charge in [0.2, 0.25) is 15.0 Å². The predicted octanol–water partition coefficient (Wildman–Crippen LogP) is 14.6. The number of anilines is 3. The van der Waals surface area contributed by atoms with Crippen LogP contribution in [0.2, 0.25) is 0 Å². The van der Waals surface area contributed by atoms with Crippen LogP contribution in [0.3, 0.4) is 0 Å². The Balaban J connectivity index is 0.000000313. The SMILES string of the molecule is [C-]#[N+]c1sc(N=Nc2ccc(N(CCOC)CCOCOC)cc2C)c(C#N)c1C.[C-]#[N+]c1sc(N=Nc2ccc(N(CCOCCOCCOS(=O)(=O)O)CC(O)c3ccccc3)cc2C)c(C#N)c1C.[C-]#[N+]c1sc(N=Nc2ccc(N(CCOCCOCCOS(=O)(=O)O)CCOCCOS(=O)(=O)O)cc2C)c(C#N)c1C. The summed E-state index contributed by atoms with van der Waals surface area (Å²) in [5.74, 6) is 0. The topological polar surface area (TPSA) is 453 Å². The van der Waals surface area contributed by atoms with E-state index in [1.54, 1.807) is 41.1 Å². The lowest BCUT2D eigenvalue weighted by molar-refractivity contribution is -0.0276. The average molecular weight is 1700 g/mol. The van der Waals surface area contributed by atoms with E-state index in [2.05, 4.69) is 80.9 Å². The van der Waals surface area contributed by atoms with Gasteiger partial charge < -0.3 is 57.7 Å². The van der Waals surface area contributed by atoms with E-state index in [4.69, 9.17) is 71.3 Å². The predicted molar refractivity (Wildman–Crippen MR) is 431 cm³/mol. The summed E-state index contributed by atoms with van der Waals surface area (Å²) in [5, 5.41) is 67.3. The molecule has 115 heavy (non-hydrogen) atoms. The van der Waals surface area contributed by atoms with E-state index < -0.39 is 37.3 Å². The van der Waals surface area contributed by atoms with Gasteiger partial charge in [0.1, 0.15) is 40.0 Å². The number of methoxy groups -OCH3 is 2. The van der Waals surface area contributed by atoms with E-state index >= 15 is 0 Å². The number of hydrogen-bond acceptors (Lipinski definition) is 33. The van der Waals surface area contributed by atoms with Gasteiger partial charge in [-0.3, -0.25) is 13.7 Å². The Morgan fingerprint density at radius 3 is 1.03 bits per heavy atom. The molecular weight excluding hydrogens is 1620 g/mol. The summed E-state index contributed by atoms with van der Waals surface area (Å²) in [6, 6.07) is 32.6. The highest BCUT2D eigenvalue weighted by Crippen LogP contribution is 2.44. The van der Waals surface area contributed by atoms with Crippen LogP contribution in [0.25, 0.3) is 14.5 Å². The molecule has 3 aromatic heterocycles. The molecule has 0 aliphatic heterocycles. The summed E-state index contributed by atoms with van der Waals surface area (Å²) in [7, 11) is -10.3. The van der Waals surface area contributed by atoms with E-state index in [0.29, 0.717) is 133 Å². The van der Waals surface area contributed by atoms with Gasteiger partial charge in [0.15, 0.2) is 0 Å². The van der Waals surface area contributed by atoms with Crippen molar-refractivity contribution in [2.45, 2.75) is 47.6 Å². The smallest absolute Gasteiger partial charge is 0.387 e. The van der Waals surface area contributed by atoms with Gasteiger partial charge in [0.25, 0.3) is 0 Å². The van der Waals surface area contributed by atoms with Crippen LogP contribution in [-0.4, -0.2) is 203 Å². The van der Waals surface area contributed by atoms with Gasteiger partial charge >= 0.3 is 31.2 Å². The Bertz CT molecular complexity index is 5010. The molecule has 0 aliphatic carbocycles. The number of nitrogens with zero attached hydrogens (tertiary/aromatic N) is 15. The van der Waals surface area contributed by atoms with Crippen LogP contribution in [0.15, 0.2) is 116 Å². The number of aryl methyl sites for hydroxylation is 3. The fourth-order valence-electron chi connectivity index (χ4n) is 9.97. The molecular formula is C73H87N15O21S6. The maximum absolute atomic E-state index is 10.9. The molecule has 7 aromatic rings. The summed E-state index contributed by atoms with van der Waals surface area (Å²) in [6.07, 6.45) is -0.750. The molecule has 7 rings (SSSR count). The Morgan fingerprint density at radius 2 is 0.722 bits per heavy atom. The van der Waals surface area contributed by atoms with Crippen molar-refractivity contribution in [1.29, 1.82) is 15.8 Å². The summed E-state index contributed by atoms with van der Waals surface area (Å²) >= 11 is 3.41. The quantitative estimate of drug-likeness (QED) is 0.00905. The van der Waals surface area contributed by atoms with Crippen molar-refractivity contribution >= 4 is 129 Å². The third-order valence-corrected chi connectivity index (χ3v) is 20.4. The van der Waals surface area contributed by atoms with Crippen molar-refractivity contribution in [2.24, 2.45) is 30.7 Å². The number of rotatable bonds is 47. The maximum atomic E-state index is 10.9. The molecule has 0 aliphatic rings. The van der Waals surface area contributed by atoms with Crippen LogP contribution in [0.5, 0.6) is 0 Å². The highest BCUT2D eigenvalue weighted by molar-refractivity contribution is 7.81. The van der Waals surface area contributed by atoms with Crippen LogP contribution in [0, 0.1) is 95.3 Å². The molecule has 4 N–H and O–H groups in total. The first-order valence-electron chi connectivity index (χ1n) is 34.6. The van der Waals surface area contributed by atoms with Gasteiger partial charge in [-0.25, -0.2) is 27.1 Å². The lowest BCUT2D eigenvalue weighted by Gasteiger charge is -2.28. The fourth-order valence-corrected chi connectivity index (χ4v) is 13.4. The number of thiophene rings is 3. The molecule has 4 aromatic carbocycles. The van der Waals surface area contributed by atoms with Crippen molar-refractivity contribution in [3.8, 4) is 18.2 Å². The summed E-state index contributed by atoms with van der Waals surface area (Å²) < 4.78 is 144. The lowest BCUT2D eigenvalue weighted by Crippen LogP contribution is -2.32. The highest BCUT2D eigenvalue weighted by Gasteiger charge is 2.21. The highest BCUT2D eigenvalue weighted by atomic mass is 32.3. The van der Waals surface area contributed by atoms with E-state index in [1.165, 1.54) is 11.3 Å². The minimum atomic E-state index is -4.55. The van der Waals surface area contributed by atoms with Crippen molar-refractivity contribution in [2.75, 3.05) is 174 Å². The van der Waals surface area contributed by atoms with E-state index in [0.717, 1.165) is 68.5 Å². The lowest BCUT2D eigenvalue weighted by atomic mass is 10.1. The second kappa shape index (κ2) is 50.7. The molecule has 0 amide bonds. The summed E-state index contributed by atoms with van der Waals surface area (Å²) in [6.45, 7) is 37.5. The molecule has 3 heterocycles. The van der Waals surface area contributed by atoms with Crippen LogP contribution in [0.4, 0.5) is 64.1 Å².